The van der Waals surface area contributed by atoms with Crippen LogP contribution < -0.4 is 0 Å². The number of hydrogen-bond acceptors (Lipinski definition) is 4. The predicted molar refractivity (Wildman–Crippen MR) is 57.8 cm³/mol. The van der Waals surface area contributed by atoms with Gasteiger partial charge in [-0.15, -0.1) is 0 Å². The van der Waals surface area contributed by atoms with E-state index in [0.29, 0.717) is 13.2 Å². The third kappa shape index (κ3) is 2.62. The number of hydrogen-bond donors (Lipinski definition) is 0. The molecule has 2 bridgehead atoms. The minimum absolute atomic E-state index is 0.0889. The molecule has 2 aliphatic rings. The summed E-state index contributed by atoms with van der Waals surface area (Å²) in [7, 11) is 0. The van der Waals surface area contributed by atoms with Gasteiger partial charge in [-0.05, 0) is 19.8 Å². The summed E-state index contributed by atoms with van der Waals surface area (Å²) in [5.74, 6) is -0.977. The quantitative estimate of drug-likeness (QED) is 0.543. The summed E-state index contributed by atoms with van der Waals surface area (Å²) in [4.78, 5) is 11.5. The van der Waals surface area contributed by atoms with Gasteiger partial charge in [-0.3, -0.25) is 4.79 Å². The van der Waals surface area contributed by atoms with Crippen LogP contribution >= 0.6 is 0 Å². The summed E-state index contributed by atoms with van der Waals surface area (Å²) in [5.41, 5.74) is 0. The lowest BCUT2D eigenvalue weighted by Gasteiger charge is -2.27. The van der Waals surface area contributed by atoms with Crippen LogP contribution in [0, 0.1) is 0 Å². The lowest BCUT2D eigenvalue weighted by atomic mass is 10.1. The van der Waals surface area contributed by atoms with Gasteiger partial charge in [0.1, 0.15) is 0 Å². The van der Waals surface area contributed by atoms with E-state index in [1.165, 1.54) is 0 Å². The van der Waals surface area contributed by atoms with Crippen molar-refractivity contribution in [1.82, 2.24) is 0 Å². The molecule has 1 unspecified atom stereocenters. The Labute approximate surface area is 95.6 Å². The number of esters is 1. The van der Waals surface area contributed by atoms with Crippen LogP contribution in [0.25, 0.3) is 0 Å². The first-order chi connectivity index (χ1) is 7.74. The van der Waals surface area contributed by atoms with Crippen LogP contribution in [0.2, 0.25) is 0 Å². The molecule has 2 rings (SSSR count). The highest BCUT2D eigenvalue weighted by Crippen LogP contribution is 2.35. The fourth-order valence-corrected chi connectivity index (χ4v) is 2.15. The summed E-state index contributed by atoms with van der Waals surface area (Å²) in [6, 6.07) is 0. The highest BCUT2D eigenvalue weighted by atomic mass is 16.7. The Morgan fingerprint density at radius 1 is 1.56 bits per heavy atom. The van der Waals surface area contributed by atoms with Crippen molar-refractivity contribution in [3.05, 3.63) is 12.2 Å². The number of carbonyl (C=O) groups is 1. The Morgan fingerprint density at radius 2 is 2.44 bits per heavy atom. The molecule has 2 aliphatic heterocycles. The van der Waals surface area contributed by atoms with Gasteiger partial charge >= 0.3 is 5.97 Å². The molecule has 0 aliphatic carbocycles. The van der Waals surface area contributed by atoms with Crippen molar-refractivity contribution >= 4 is 5.97 Å². The summed E-state index contributed by atoms with van der Waals surface area (Å²) in [6.07, 6.45) is 7.00. The Kier molecular flexibility index (Phi) is 3.61. The van der Waals surface area contributed by atoms with Crippen molar-refractivity contribution in [2.75, 3.05) is 13.2 Å². The molecule has 4 heteroatoms. The molecule has 2 heterocycles. The van der Waals surface area contributed by atoms with Crippen molar-refractivity contribution < 1.29 is 19.0 Å². The van der Waals surface area contributed by atoms with Crippen LogP contribution in [0.15, 0.2) is 12.2 Å². The number of fused-ring (bicyclic) bond motifs is 2. The average Bonchev–Trinajstić information content (AvgIpc) is 2.61. The van der Waals surface area contributed by atoms with Gasteiger partial charge in [0.25, 0.3) is 0 Å². The van der Waals surface area contributed by atoms with Gasteiger partial charge in [0.05, 0.1) is 25.7 Å². The summed E-state index contributed by atoms with van der Waals surface area (Å²) in [6.45, 7) is 2.78. The Bertz CT molecular complexity index is 287. The van der Waals surface area contributed by atoms with Crippen molar-refractivity contribution in [3.8, 4) is 0 Å². The molecular weight excluding hydrogens is 208 g/mol. The SMILES string of the molecule is CCOC(=O)CC12CCC=CC[C@@H](CO1)O2. The van der Waals surface area contributed by atoms with Crippen LogP contribution in [-0.2, 0) is 19.0 Å². The molecule has 0 N–H and O–H groups in total. The van der Waals surface area contributed by atoms with Crippen LogP contribution in [0.4, 0.5) is 0 Å². The fourth-order valence-electron chi connectivity index (χ4n) is 2.15. The molecule has 0 aromatic heterocycles. The molecule has 1 saturated heterocycles. The maximum absolute atomic E-state index is 11.5. The molecule has 0 saturated carbocycles. The van der Waals surface area contributed by atoms with Gasteiger partial charge in [-0.1, -0.05) is 12.2 Å². The largest absolute Gasteiger partial charge is 0.466 e. The Balaban J connectivity index is 1.99. The van der Waals surface area contributed by atoms with Crippen LogP contribution in [0.1, 0.15) is 32.6 Å². The zero-order valence-electron chi connectivity index (χ0n) is 9.61. The Morgan fingerprint density at radius 3 is 3.25 bits per heavy atom. The van der Waals surface area contributed by atoms with Gasteiger partial charge in [0, 0.05) is 6.42 Å². The number of rotatable bonds is 3. The molecular formula is C12H18O4. The molecule has 0 spiro atoms. The second-order valence-electron chi connectivity index (χ2n) is 4.19. The topological polar surface area (TPSA) is 44.8 Å². The molecule has 16 heavy (non-hydrogen) atoms. The highest BCUT2D eigenvalue weighted by molar-refractivity contribution is 5.70. The predicted octanol–water partition coefficient (Wildman–Crippen LogP) is 1.79. The molecule has 0 amide bonds. The first-order valence-corrected chi connectivity index (χ1v) is 5.86. The van der Waals surface area contributed by atoms with E-state index in [0.717, 1.165) is 19.3 Å². The van der Waals surface area contributed by atoms with E-state index < -0.39 is 5.79 Å². The number of allylic oxidation sites excluding steroid dienone is 1. The molecule has 2 atom stereocenters. The minimum atomic E-state index is -0.734. The zero-order valence-corrected chi connectivity index (χ0v) is 9.61. The average molecular weight is 226 g/mol. The minimum Gasteiger partial charge on any atom is -0.466 e. The van der Waals surface area contributed by atoms with E-state index in [9.17, 15) is 4.79 Å². The van der Waals surface area contributed by atoms with Gasteiger partial charge in [0.2, 0.25) is 0 Å². The number of carbonyl (C=O) groups excluding carboxylic acids is 1. The van der Waals surface area contributed by atoms with Crippen molar-refractivity contribution in [2.24, 2.45) is 0 Å². The maximum Gasteiger partial charge on any atom is 0.311 e. The lowest BCUT2D eigenvalue weighted by molar-refractivity contribution is -0.191. The van der Waals surface area contributed by atoms with Crippen molar-refractivity contribution in [3.63, 3.8) is 0 Å². The highest BCUT2D eigenvalue weighted by Gasteiger charge is 2.43. The van der Waals surface area contributed by atoms with Crippen LogP contribution in [0.3, 0.4) is 0 Å². The van der Waals surface area contributed by atoms with Crippen LogP contribution in [-0.4, -0.2) is 31.1 Å². The second kappa shape index (κ2) is 4.97. The van der Waals surface area contributed by atoms with Gasteiger partial charge < -0.3 is 14.2 Å². The van der Waals surface area contributed by atoms with Crippen molar-refractivity contribution in [1.29, 1.82) is 0 Å². The van der Waals surface area contributed by atoms with E-state index in [1.807, 2.05) is 0 Å². The first kappa shape index (κ1) is 11.6. The normalized spacial score (nSPS) is 33.2. The smallest absolute Gasteiger partial charge is 0.311 e. The van der Waals surface area contributed by atoms with E-state index in [2.05, 4.69) is 12.2 Å². The van der Waals surface area contributed by atoms with Gasteiger partial charge in [0.15, 0.2) is 5.79 Å². The van der Waals surface area contributed by atoms with Crippen molar-refractivity contribution in [2.45, 2.75) is 44.5 Å². The zero-order chi connectivity index (χ0) is 11.4. The molecule has 4 nitrogen and oxygen atoms in total. The summed E-state index contributed by atoms with van der Waals surface area (Å²) in [5, 5.41) is 0. The van der Waals surface area contributed by atoms with Crippen LogP contribution in [0.5, 0.6) is 0 Å². The second-order valence-corrected chi connectivity index (χ2v) is 4.19. The first-order valence-electron chi connectivity index (χ1n) is 5.86. The monoisotopic (exact) mass is 226 g/mol. The molecule has 90 valence electrons. The van der Waals surface area contributed by atoms with Gasteiger partial charge in [-0.2, -0.15) is 0 Å². The summed E-state index contributed by atoms with van der Waals surface area (Å²) >= 11 is 0. The fraction of sp³-hybridized carbons (Fsp3) is 0.750. The Hall–Kier alpha value is -0.870. The lowest BCUT2D eigenvalue weighted by Crippen LogP contribution is -2.35. The van der Waals surface area contributed by atoms with E-state index in [4.69, 9.17) is 14.2 Å². The molecule has 0 aromatic carbocycles. The van der Waals surface area contributed by atoms with E-state index >= 15 is 0 Å². The molecule has 0 aromatic rings. The summed E-state index contributed by atoms with van der Waals surface area (Å²) < 4.78 is 16.5. The molecule has 0 radical (unpaired) electrons. The third-order valence-corrected chi connectivity index (χ3v) is 2.89. The van der Waals surface area contributed by atoms with E-state index in [1.54, 1.807) is 6.92 Å². The third-order valence-electron chi connectivity index (χ3n) is 2.89. The van der Waals surface area contributed by atoms with Gasteiger partial charge in [-0.25, -0.2) is 0 Å². The maximum atomic E-state index is 11.5. The standard InChI is InChI=1S/C12H18O4/c1-2-14-11(13)8-12-7-5-3-4-6-10(16-12)9-15-12/h3-4,10H,2,5-9H2,1H3/t10-,12?/m0/s1. The molecule has 1 fully saturated rings. The number of ether oxygens (including phenoxy) is 3. The van der Waals surface area contributed by atoms with E-state index in [-0.39, 0.29) is 18.5 Å².